The van der Waals surface area contributed by atoms with Gasteiger partial charge >= 0.3 is 12.2 Å². The SMILES string of the molecule is COC(=O)NC(C(=O)N1CCC[C@H]1c1ncc(-c2ccc3cc(-c4ccc(-c5cnc([C@@H]6CCCN6C(=O)[C@H](NC(=O)OC)c6ccccc6)[nH]5)cc4)ccc3c2)[nH]1)[C@@H](C)O. The van der Waals surface area contributed by atoms with Gasteiger partial charge in [0.05, 0.1) is 56.2 Å². The van der Waals surface area contributed by atoms with Crippen LogP contribution in [-0.4, -0.2) is 98.3 Å². The monoisotopic (exact) mass is 824 g/mol. The number of ether oxygens (including phenoxy) is 2. The Balaban J connectivity index is 0.942. The summed E-state index contributed by atoms with van der Waals surface area (Å²) >= 11 is 0. The Kier molecular flexibility index (Phi) is 11.8. The number of H-pyrrole nitrogens is 2. The lowest BCUT2D eigenvalue weighted by Crippen LogP contribution is -2.53. The topological polar surface area (TPSA) is 195 Å². The second-order valence-corrected chi connectivity index (χ2v) is 15.4. The molecule has 6 aromatic rings. The normalized spacial score (nSPS) is 17.8. The first-order chi connectivity index (χ1) is 29.6. The van der Waals surface area contributed by atoms with Gasteiger partial charge in [0, 0.05) is 18.7 Å². The van der Waals surface area contributed by atoms with Gasteiger partial charge in [-0.2, -0.15) is 0 Å². The minimum absolute atomic E-state index is 0.217. The van der Waals surface area contributed by atoms with E-state index in [9.17, 15) is 24.3 Å². The van der Waals surface area contributed by atoms with E-state index < -0.39 is 30.4 Å². The number of nitrogens with zero attached hydrogens (tertiary/aromatic N) is 4. The van der Waals surface area contributed by atoms with Crippen LogP contribution in [0.2, 0.25) is 0 Å². The van der Waals surface area contributed by atoms with Crippen LogP contribution >= 0.6 is 0 Å². The van der Waals surface area contributed by atoms with Crippen molar-refractivity contribution in [2.45, 2.75) is 62.9 Å². The number of likely N-dealkylation sites (tertiary alicyclic amines) is 2. The smallest absolute Gasteiger partial charge is 0.407 e. The molecule has 2 aliphatic rings. The maximum absolute atomic E-state index is 13.9. The highest BCUT2D eigenvalue weighted by molar-refractivity contribution is 5.91. The molecule has 2 aromatic heterocycles. The van der Waals surface area contributed by atoms with E-state index in [4.69, 9.17) is 9.72 Å². The highest BCUT2D eigenvalue weighted by Crippen LogP contribution is 2.36. The molecule has 4 aromatic carbocycles. The molecule has 314 valence electrons. The van der Waals surface area contributed by atoms with Gasteiger partial charge in [-0.05, 0) is 77.8 Å². The third kappa shape index (κ3) is 8.55. The summed E-state index contributed by atoms with van der Waals surface area (Å²) in [6.45, 7) is 2.49. The molecule has 2 fully saturated rings. The fraction of sp³-hybridized carbons (Fsp3) is 0.304. The number of amides is 4. The van der Waals surface area contributed by atoms with Gasteiger partial charge in [-0.15, -0.1) is 0 Å². The molecule has 4 heterocycles. The Morgan fingerprint density at radius 3 is 1.77 bits per heavy atom. The third-order valence-electron chi connectivity index (χ3n) is 11.6. The van der Waals surface area contributed by atoms with Crippen molar-refractivity contribution in [3.05, 3.63) is 121 Å². The quantitative estimate of drug-likeness (QED) is 0.0932. The van der Waals surface area contributed by atoms with Crippen molar-refractivity contribution in [3.8, 4) is 33.6 Å². The number of rotatable bonds is 11. The average Bonchev–Trinajstić information content (AvgIpc) is 4.14. The minimum atomic E-state index is -1.14. The number of methoxy groups -OCH3 is 2. The average molecular weight is 825 g/mol. The van der Waals surface area contributed by atoms with Crippen LogP contribution < -0.4 is 10.6 Å². The van der Waals surface area contributed by atoms with Crippen molar-refractivity contribution < 1.29 is 33.8 Å². The summed E-state index contributed by atoms with van der Waals surface area (Å²) in [6.07, 6.45) is 4.02. The molecular formula is C46H48N8O7. The zero-order valence-electron chi connectivity index (χ0n) is 34.1. The van der Waals surface area contributed by atoms with Crippen LogP contribution in [-0.2, 0) is 19.1 Å². The van der Waals surface area contributed by atoms with E-state index >= 15 is 0 Å². The fourth-order valence-electron chi connectivity index (χ4n) is 8.40. The van der Waals surface area contributed by atoms with Crippen molar-refractivity contribution >= 4 is 34.8 Å². The molecule has 5 atom stereocenters. The maximum atomic E-state index is 13.9. The predicted octanol–water partition coefficient (Wildman–Crippen LogP) is 6.82. The van der Waals surface area contributed by atoms with Gasteiger partial charge in [-0.25, -0.2) is 19.6 Å². The first kappa shape index (κ1) is 40.8. The molecule has 5 N–H and O–H groups in total. The van der Waals surface area contributed by atoms with Crippen LogP contribution in [0.5, 0.6) is 0 Å². The number of carbonyl (C=O) groups is 4. The molecule has 4 amide bonds. The first-order valence-electron chi connectivity index (χ1n) is 20.4. The van der Waals surface area contributed by atoms with Crippen LogP contribution in [0, 0.1) is 0 Å². The fourth-order valence-corrected chi connectivity index (χ4v) is 8.40. The summed E-state index contributed by atoms with van der Waals surface area (Å²) in [6, 6.07) is 27.4. The molecule has 0 saturated carbocycles. The van der Waals surface area contributed by atoms with Crippen molar-refractivity contribution in [3.63, 3.8) is 0 Å². The number of alkyl carbamates (subject to hydrolysis) is 2. The number of imidazole rings is 2. The summed E-state index contributed by atoms with van der Waals surface area (Å²) in [5, 5.41) is 17.6. The number of nitrogens with one attached hydrogen (secondary N) is 4. The molecule has 0 radical (unpaired) electrons. The van der Waals surface area contributed by atoms with E-state index in [-0.39, 0.29) is 23.9 Å². The summed E-state index contributed by atoms with van der Waals surface area (Å²) < 4.78 is 9.49. The number of hydrogen-bond acceptors (Lipinski definition) is 9. The van der Waals surface area contributed by atoms with E-state index in [1.807, 2.05) is 36.4 Å². The van der Waals surface area contributed by atoms with E-state index in [1.54, 1.807) is 22.2 Å². The summed E-state index contributed by atoms with van der Waals surface area (Å²) in [5.41, 5.74) is 6.37. The van der Waals surface area contributed by atoms with Crippen molar-refractivity contribution in [2.75, 3.05) is 27.3 Å². The van der Waals surface area contributed by atoms with Gasteiger partial charge in [-0.3, -0.25) is 9.59 Å². The zero-order chi connectivity index (χ0) is 42.6. The Labute approximate surface area is 352 Å². The van der Waals surface area contributed by atoms with Gasteiger partial charge in [0.2, 0.25) is 5.91 Å². The molecule has 0 aliphatic carbocycles. The molecule has 0 spiro atoms. The number of hydrogen-bond donors (Lipinski definition) is 5. The lowest BCUT2D eigenvalue weighted by Gasteiger charge is -2.29. The molecule has 8 rings (SSSR count). The first-order valence-corrected chi connectivity index (χ1v) is 20.4. The molecular weight excluding hydrogens is 777 g/mol. The van der Waals surface area contributed by atoms with Gasteiger partial charge in [-0.1, -0.05) is 78.9 Å². The maximum Gasteiger partial charge on any atom is 0.407 e. The lowest BCUT2D eigenvalue weighted by molar-refractivity contribution is -0.137. The number of fused-ring (bicyclic) bond motifs is 1. The molecule has 2 aliphatic heterocycles. The van der Waals surface area contributed by atoms with Gasteiger partial charge < -0.3 is 45.0 Å². The van der Waals surface area contributed by atoms with Crippen LogP contribution in [0.1, 0.15) is 67.9 Å². The van der Waals surface area contributed by atoms with Crippen LogP contribution in [0.4, 0.5) is 9.59 Å². The Hall–Kier alpha value is -7.00. The second-order valence-electron chi connectivity index (χ2n) is 15.4. The molecule has 0 bridgehead atoms. The van der Waals surface area contributed by atoms with E-state index in [0.29, 0.717) is 36.7 Å². The molecule has 2 saturated heterocycles. The van der Waals surface area contributed by atoms with Crippen molar-refractivity contribution in [1.82, 2.24) is 40.4 Å². The second kappa shape index (κ2) is 17.7. The molecule has 15 nitrogen and oxygen atoms in total. The van der Waals surface area contributed by atoms with Crippen molar-refractivity contribution in [1.29, 1.82) is 0 Å². The van der Waals surface area contributed by atoms with E-state index in [2.05, 4.69) is 84.9 Å². The number of aliphatic hydroxyl groups is 1. The third-order valence-corrected chi connectivity index (χ3v) is 11.6. The number of aromatic nitrogens is 4. The summed E-state index contributed by atoms with van der Waals surface area (Å²) in [4.78, 5) is 71.1. The van der Waals surface area contributed by atoms with Gasteiger partial charge in [0.1, 0.15) is 23.7 Å². The van der Waals surface area contributed by atoms with Gasteiger partial charge in [0.25, 0.3) is 5.91 Å². The standard InChI is InChI=1S/C46H48N8O7/c1-27(55)39(51-45(58)60-2)43(56)53-21-7-11-37(53)42-48-26-36(50-42)34-20-19-32-23-31(17-18-33(32)24-34)28-13-15-29(16-14-28)35-25-47-41(49-35)38-12-8-22-54(38)44(57)40(52-46(59)61-3)30-9-5-4-6-10-30/h4-6,9-10,13-20,23-27,37-40,55H,7-8,11-12,21-22H2,1-3H3,(H,47,49)(H,48,50)(H,51,58)(H,52,59)/t27-,37+,38+,39?,40-/m1/s1. The zero-order valence-corrected chi connectivity index (χ0v) is 34.1. The van der Waals surface area contributed by atoms with Crippen molar-refractivity contribution in [2.24, 2.45) is 0 Å². The highest BCUT2D eigenvalue weighted by atomic mass is 16.5. The largest absolute Gasteiger partial charge is 0.453 e. The number of aliphatic hydroxyl groups excluding tert-OH is 1. The van der Waals surface area contributed by atoms with Crippen LogP contribution in [0.3, 0.4) is 0 Å². The molecule has 61 heavy (non-hydrogen) atoms. The number of benzene rings is 4. The number of carbonyl (C=O) groups excluding carboxylic acids is 4. The van der Waals surface area contributed by atoms with Crippen LogP contribution in [0.15, 0.2) is 103 Å². The Morgan fingerprint density at radius 1 is 0.672 bits per heavy atom. The van der Waals surface area contributed by atoms with E-state index in [1.165, 1.54) is 21.1 Å². The molecule has 15 heteroatoms. The Morgan fingerprint density at radius 2 is 1.18 bits per heavy atom. The highest BCUT2D eigenvalue weighted by Gasteiger charge is 2.39. The summed E-state index contributed by atoms with van der Waals surface area (Å²) in [5.74, 6) is 0.733. The molecule has 1 unspecified atom stereocenters. The van der Waals surface area contributed by atoms with E-state index in [0.717, 1.165) is 63.7 Å². The van der Waals surface area contributed by atoms with Gasteiger partial charge in [0.15, 0.2) is 0 Å². The lowest BCUT2D eigenvalue weighted by atomic mass is 9.98. The number of aromatic amines is 2. The van der Waals surface area contributed by atoms with Crippen LogP contribution in [0.25, 0.3) is 44.4 Å². The minimum Gasteiger partial charge on any atom is -0.453 e. The predicted molar refractivity (Wildman–Crippen MR) is 228 cm³/mol. The Bertz CT molecular complexity index is 2540. The summed E-state index contributed by atoms with van der Waals surface area (Å²) in [7, 11) is 2.49.